The first-order valence-corrected chi connectivity index (χ1v) is 6.25. The highest BCUT2D eigenvalue weighted by Gasteiger charge is 2.24. The van der Waals surface area contributed by atoms with Gasteiger partial charge in [0.2, 0.25) is 0 Å². The molecule has 0 saturated carbocycles. The van der Waals surface area contributed by atoms with Crippen molar-refractivity contribution in [3.05, 3.63) is 24.3 Å². The van der Waals surface area contributed by atoms with Crippen LogP contribution in [0.1, 0.15) is 20.8 Å². The summed E-state index contributed by atoms with van der Waals surface area (Å²) in [6.07, 6.45) is 3.71. The highest BCUT2D eigenvalue weighted by molar-refractivity contribution is 5.78. The van der Waals surface area contributed by atoms with Gasteiger partial charge in [-0.3, -0.25) is 9.99 Å². The molecular formula is C13H17FN4O2. The molecule has 7 heteroatoms. The summed E-state index contributed by atoms with van der Waals surface area (Å²) in [6, 6.07) is 1.05. The van der Waals surface area contributed by atoms with Crippen LogP contribution in [0.4, 0.5) is 14.9 Å². The van der Waals surface area contributed by atoms with Crippen LogP contribution >= 0.6 is 0 Å². The third-order valence-electron chi connectivity index (χ3n) is 2.45. The average molecular weight is 280 g/mol. The van der Waals surface area contributed by atoms with E-state index in [1.807, 2.05) is 0 Å². The van der Waals surface area contributed by atoms with Gasteiger partial charge in [0, 0.05) is 12.3 Å². The molecule has 1 aromatic heterocycles. The van der Waals surface area contributed by atoms with E-state index in [4.69, 9.17) is 4.74 Å². The fourth-order valence-electron chi connectivity index (χ4n) is 1.70. The Labute approximate surface area is 116 Å². The molecule has 0 bridgehead atoms. The number of anilines is 1. The molecule has 2 rings (SSSR count). The summed E-state index contributed by atoms with van der Waals surface area (Å²) in [7, 11) is 0. The zero-order valence-electron chi connectivity index (χ0n) is 11.6. The number of hydrogen-bond acceptors (Lipinski definition) is 5. The minimum Gasteiger partial charge on any atom is -0.444 e. The van der Waals surface area contributed by atoms with Crippen molar-refractivity contribution in [1.82, 2.24) is 10.3 Å². The molecule has 1 aliphatic rings. The zero-order chi connectivity index (χ0) is 14.8. The summed E-state index contributed by atoms with van der Waals surface area (Å²) in [4.78, 5) is 15.4. The Morgan fingerprint density at radius 1 is 1.50 bits per heavy atom. The summed E-state index contributed by atoms with van der Waals surface area (Å²) >= 11 is 0. The molecule has 0 radical (unpaired) electrons. The van der Waals surface area contributed by atoms with Crippen LogP contribution in [0.5, 0.6) is 0 Å². The van der Waals surface area contributed by atoms with Crippen LogP contribution in [-0.4, -0.2) is 35.5 Å². The Bertz CT molecular complexity index is 527. The Morgan fingerprint density at radius 2 is 2.25 bits per heavy atom. The van der Waals surface area contributed by atoms with Gasteiger partial charge in [-0.25, -0.2) is 9.18 Å². The highest BCUT2D eigenvalue weighted by Crippen LogP contribution is 2.17. The Balaban J connectivity index is 1.90. The zero-order valence-corrected chi connectivity index (χ0v) is 11.6. The minimum atomic E-state index is -0.550. The van der Waals surface area contributed by atoms with Gasteiger partial charge in [0.25, 0.3) is 0 Å². The Kier molecular flexibility index (Phi) is 3.87. The number of nitrogens with zero attached hydrogens (tertiary/aromatic N) is 3. The van der Waals surface area contributed by atoms with Crippen LogP contribution in [0, 0.1) is 5.82 Å². The monoisotopic (exact) mass is 280 g/mol. The fourth-order valence-corrected chi connectivity index (χ4v) is 1.70. The number of aromatic nitrogens is 1. The SMILES string of the molecule is CC(C)(C)OC(=O)NC1C=NN(c2cncc(F)c2)C1. The first-order chi connectivity index (χ1) is 9.33. The second-order valence-corrected chi connectivity index (χ2v) is 5.46. The number of carbonyl (C=O) groups excluding carboxylic acids is 1. The molecule has 0 fully saturated rings. The van der Waals surface area contributed by atoms with E-state index in [0.29, 0.717) is 12.2 Å². The van der Waals surface area contributed by atoms with Crippen LogP contribution in [0.25, 0.3) is 0 Å². The molecule has 20 heavy (non-hydrogen) atoms. The predicted molar refractivity (Wildman–Crippen MR) is 73.2 cm³/mol. The summed E-state index contributed by atoms with van der Waals surface area (Å²) in [5, 5.41) is 8.36. The van der Waals surface area contributed by atoms with E-state index in [1.54, 1.807) is 32.0 Å². The molecule has 1 atom stereocenters. The van der Waals surface area contributed by atoms with E-state index in [1.165, 1.54) is 12.3 Å². The van der Waals surface area contributed by atoms with E-state index in [0.717, 1.165) is 6.20 Å². The number of halogens is 1. The normalized spacial score (nSPS) is 18.2. The minimum absolute atomic E-state index is 0.284. The molecule has 0 spiro atoms. The maximum atomic E-state index is 13.1. The van der Waals surface area contributed by atoms with Crippen molar-refractivity contribution >= 4 is 18.0 Å². The predicted octanol–water partition coefficient (Wildman–Crippen LogP) is 1.92. The van der Waals surface area contributed by atoms with Crippen LogP contribution in [0.15, 0.2) is 23.6 Å². The van der Waals surface area contributed by atoms with Crippen molar-refractivity contribution < 1.29 is 13.9 Å². The van der Waals surface area contributed by atoms with E-state index < -0.39 is 17.5 Å². The third kappa shape index (κ3) is 3.91. The van der Waals surface area contributed by atoms with Gasteiger partial charge in [0.15, 0.2) is 0 Å². The lowest BCUT2D eigenvalue weighted by molar-refractivity contribution is 0.0521. The second-order valence-electron chi connectivity index (χ2n) is 5.46. The maximum absolute atomic E-state index is 13.1. The third-order valence-corrected chi connectivity index (χ3v) is 2.45. The number of alkyl carbamates (subject to hydrolysis) is 1. The summed E-state index contributed by atoms with van der Waals surface area (Å²) in [6.45, 7) is 5.78. The fraction of sp³-hybridized carbons (Fsp3) is 0.462. The maximum Gasteiger partial charge on any atom is 0.408 e. The molecule has 0 saturated heterocycles. The van der Waals surface area contributed by atoms with E-state index >= 15 is 0 Å². The quantitative estimate of drug-likeness (QED) is 0.898. The molecule has 2 heterocycles. The van der Waals surface area contributed by atoms with Crippen molar-refractivity contribution in [2.45, 2.75) is 32.4 Å². The van der Waals surface area contributed by atoms with Crippen LogP contribution in [0.3, 0.4) is 0 Å². The lowest BCUT2D eigenvalue weighted by Crippen LogP contribution is -2.42. The second kappa shape index (κ2) is 5.44. The molecule has 1 aromatic rings. The summed E-state index contributed by atoms with van der Waals surface area (Å²) in [5.41, 5.74) is -0.0128. The van der Waals surface area contributed by atoms with Crippen LogP contribution in [0.2, 0.25) is 0 Å². The Morgan fingerprint density at radius 3 is 2.90 bits per heavy atom. The van der Waals surface area contributed by atoms with Gasteiger partial charge in [0.05, 0.1) is 30.7 Å². The van der Waals surface area contributed by atoms with Gasteiger partial charge >= 0.3 is 6.09 Å². The lowest BCUT2D eigenvalue weighted by atomic mass is 10.2. The molecule has 0 aliphatic carbocycles. The molecule has 1 unspecified atom stereocenters. The van der Waals surface area contributed by atoms with Crippen molar-refractivity contribution in [3.63, 3.8) is 0 Å². The van der Waals surface area contributed by atoms with Crippen molar-refractivity contribution in [2.75, 3.05) is 11.6 Å². The molecule has 6 nitrogen and oxygen atoms in total. The largest absolute Gasteiger partial charge is 0.444 e. The van der Waals surface area contributed by atoms with Crippen molar-refractivity contribution in [1.29, 1.82) is 0 Å². The van der Waals surface area contributed by atoms with Crippen molar-refractivity contribution in [3.8, 4) is 0 Å². The number of carbonyl (C=O) groups is 1. The molecule has 1 amide bonds. The van der Waals surface area contributed by atoms with Gasteiger partial charge in [-0.05, 0) is 20.8 Å². The Hall–Kier alpha value is -2.18. The molecule has 1 aliphatic heterocycles. The van der Waals surface area contributed by atoms with E-state index in [-0.39, 0.29) is 6.04 Å². The van der Waals surface area contributed by atoms with Crippen LogP contribution < -0.4 is 10.3 Å². The highest BCUT2D eigenvalue weighted by atomic mass is 19.1. The average Bonchev–Trinajstić information content (AvgIpc) is 2.74. The smallest absolute Gasteiger partial charge is 0.408 e. The molecule has 108 valence electrons. The van der Waals surface area contributed by atoms with Crippen LogP contribution in [-0.2, 0) is 4.74 Å². The summed E-state index contributed by atoms with van der Waals surface area (Å²) in [5.74, 6) is -0.429. The number of rotatable bonds is 2. The number of nitrogens with one attached hydrogen (secondary N) is 1. The number of hydrazone groups is 1. The van der Waals surface area contributed by atoms with Crippen molar-refractivity contribution in [2.24, 2.45) is 5.10 Å². The summed E-state index contributed by atoms with van der Waals surface area (Å²) < 4.78 is 18.2. The molecular weight excluding hydrogens is 263 g/mol. The first kappa shape index (κ1) is 14.2. The number of ether oxygens (including phenoxy) is 1. The van der Waals surface area contributed by atoms with E-state index in [9.17, 15) is 9.18 Å². The molecule has 0 aromatic carbocycles. The lowest BCUT2D eigenvalue weighted by Gasteiger charge is -2.21. The number of hydrogen-bond donors (Lipinski definition) is 1. The first-order valence-electron chi connectivity index (χ1n) is 6.25. The standard InChI is InChI=1S/C13H17FN4O2/c1-13(2,3)20-12(19)17-10-6-16-18(8-10)11-4-9(14)5-15-7-11/h4-7,10H,8H2,1-3H3,(H,17,19). The van der Waals surface area contributed by atoms with Gasteiger partial charge in [-0.15, -0.1) is 0 Å². The van der Waals surface area contributed by atoms with Gasteiger partial charge in [-0.2, -0.15) is 5.10 Å². The number of amides is 1. The number of pyridine rings is 1. The topological polar surface area (TPSA) is 66.8 Å². The van der Waals surface area contributed by atoms with E-state index in [2.05, 4.69) is 15.4 Å². The van der Waals surface area contributed by atoms with Gasteiger partial charge in [0.1, 0.15) is 11.4 Å². The van der Waals surface area contributed by atoms with Gasteiger partial charge < -0.3 is 10.1 Å². The molecule has 1 N–H and O–H groups in total. The van der Waals surface area contributed by atoms with Gasteiger partial charge in [-0.1, -0.05) is 0 Å².